The van der Waals surface area contributed by atoms with E-state index in [1.165, 1.54) is 0 Å². The Balaban J connectivity index is 1.92. The van der Waals surface area contributed by atoms with Crippen LogP contribution in [0.4, 0.5) is 16.6 Å². The lowest BCUT2D eigenvalue weighted by Crippen LogP contribution is -2.50. The molecule has 1 saturated heterocycles. The van der Waals surface area contributed by atoms with Crippen LogP contribution in [-0.4, -0.2) is 52.7 Å². The molecule has 21 heavy (non-hydrogen) atoms. The van der Waals surface area contributed by atoms with Gasteiger partial charge in [-0.3, -0.25) is 5.43 Å². The molecule has 0 atom stereocenters. The fourth-order valence-electron chi connectivity index (χ4n) is 2.04. The van der Waals surface area contributed by atoms with Gasteiger partial charge < -0.3 is 14.5 Å². The number of nitrogen functional groups attached to an aromatic ring is 1. The summed E-state index contributed by atoms with van der Waals surface area (Å²) in [4.78, 5) is 24.1. The number of hydrogen-bond acceptors (Lipinski definition) is 7. The number of amides is 1. The molecule has 1 fully saturated rings. The standard InChI is InChI=1S/C13H22N6O2/c1-13(2,3)21-12(20)19-8-6-18(7-9-19)10-4-5-15-11(16-10)17-14/h4-5H,6-9,14H2,1-3H3,(H,15,16,17). The van der Waals surface area contributed by atoms with Gasteiger partial charge >= 0.3 is 6.09 Å². The molecule has 0 radical (unpaired) electrons. The van der Waals surface area contributed by atoms with Crippen LogP contribution < -0.4 is 16.2 Å². The van der Waals surface area contributed by atoms with Gasteiger partial charge in [0.1, 0.15) is 11.4 Å². The van der Waals surface area contributed by atoms with Crippen molar-refractivity contribution >= 4 is 17.9 Å². The number of piperazine rings is 1. The molecule has 0 aliphatic carbocycles. The zero-order valence-electron chi connectivity index (χ0n) is 12.7. The predicted molar refractivity (Wildman–Crippen MR) is 79.9 cm³/mol. The molecule has 1 amide bonds. The van der Waals surface area contributed by atoms with Crippen molar-refractivity contribution in [3.8, 4) is 0 Å². The number of nitrogens with zero attached hydrogens (tertiary/aromatic N) is 4. The maximum atomic E-state index is 12.0. The summed E-state index contributed by atoms with van der Waals surface area (Å²) in [6, 6.07) is 1.82. The highest BCUT2D eigenvalue weighted by Gasteiger charge is 2.26. The van der Waals surface area contributed by atoms with Crippen molar-refractivity contribution in [2.45, 2.75) is 26.4 Å². The molecule has 0 unspecified atom stereocenters. The monoisotopic (exact) mass is 294 g/mol. The summed E-state index contributed by atoms with van der Waals surface area (Å²) in [6.45, 7) is 8.19. The van der Waals surface area contributed by atoms with Crippen LogP contribution in [0.5, 0.6) is 0 Å². The third-order valence-corrected chi connectivity index (χ3v) is 3.03. The average Bonchev–Trinajstić information content (AvgIpc) is 2.46. The summed E-state index contributed by atoms with van der Waals surface area (Å²) >= 11 is 0. The first kappa shape index (κ1) is 15.3. The zero-order chi connectivity index (χ0) is 15.5. The lowest BCUT2D eigenvalue weighted by atomic mass is 10.2. The Morgan fingerprint density at radius 3 is 2.57 bits per heavy atom. The Morgan fingerprint density at radius 2 is 2.00 bits per heavy atom. The molecule has 1 aromatic heterocycles. The third kappa shape index (κ3) is 4.19. The van der Waals surface area contributed by atoms with Crippen LogP contribution in [0.2, 0.25) is 0 Å². The molecule has 3 N–H and O–H groups in total. The second-order valence-corrected chi connectivity index (χ2v) is 5.84. The number of aromatic nitrogens is 2. The van der Waals surface area contributed by atoms with E-state index >= 15 is 0 Å². The smallest absolute Gasteiger partial charge is 0.410 e. The Kier molecular flexibility index (Phi) is 4.46. The second kappa shape index (κ2) is 6.13. The van der Waals surface area contributed by atoms with Gasteiger partial charge in [-0.25, -0.2) is 15.6 Å². The number of carbonyl (C=O) groups excluding carboxylic acids is 1. The van der Waals surface area contributed by atoms with Gasteiger partial charge in [-0.15, -0.1) is 0 Å². The van der Waals surface area contributed by atoms with E-state index in [9.17, 15) is 4.79 Å². The molecule has 1 aliphatic rings. The van der Waals surface area contributed by atoms with Crippen molar-refractivity contribution in [3.05, 3.63) is 12.3 Å². The van der Waals surface area contributed by atoms with Crippen molar-refractivity contribution in [1.29, 1.82) is 0 Å². The number of hydrogen-bond donors (Lipinski definition) is 2. The lowest BCUT2D eigenvalue weighted by Gasteiger charge is -2.36. The number of hydrazine groups is 1. The van der Waals surface area contributed by atoms with E-state index in [4.69, 9.17) is 10.6 Å². The predicted octanol–water partition coefficient (Wildman–Crippen LogP) is 0.819. The van der Waals surface area contributed by atoms with E-state index in [2.05, 4.69) is 20.3 Å². The van der Waals surface area contributed by atoms with E-state index in [1.54, 1.807) is 11.1 Å². The highest BCUT2D eigenvalue weighted by Crippen LogP contribution is 2.16. The van der Waals surface area contributed by atoms with Gasteiger partial charge in [-0.1, -0.05) is 0 Å². The average molecular weight is 294 g/mol. The highest BCUT2D eigenvalue weighted by molar-refractivity contribution is 5.68. The summed E-state index contributed by atoms with van der Waals surface area (Å²) < 4.78 is 5.37. The van der Waals surface area contributed by atoms with E-state index in [1.807, 2.05) is 26.8 Å². The molecule has 0 spiro atoms. The molecule has 0 bridgehead atoms. The van der Waals surface area contributed by atoms with Crippen molar-refractivity contribution in [2.24, 2.45) is 5.84 Å². The quantitative estimate of drug-likeness (QED) is 0.615. The summed E-state index contributed by atoms with van der Waals surface area (Å²) in [6.07, 6.45) is 1.38. The van der Waals surface area contributed by atoms with Crippen molar-refractivity contribution in [3.63, 3.8) is 0 Å². The van der Waals surface area contributed by atoms with E-state index in [-0.39, 0.29) is 6.09 Å². The second-order valence-electron chi connectivity index (χ2n) is 5.84. The normalized spacial score (nSPS) is 15.8. The molecule has 2 heterocycles. The maximum Gasteiger partial charge on any atom is 0.410 e. The van der Waals surface area contributed by atoms with E-state index in [0.717, 1.165) is 5.82 Å². The van der Waals surface area contributed by atoms with Gasteiger partial charge in [-0.2, -0.15) is 4.98 Å². The summed E-state index contributed by atoms with van der Waals surface area (Å²) in [5, 5.41) is 0. The van der Waals surface area contributed by atoms with Crippen LogP contribution in [0.3, 0.4) is 0 Å². The van der Waals surface area contributed by atoms with Gasteiger partial charge in [-0.05, 0) is 26.8 Å². The molecular formula is C13H22N6O2. The molecule has 2 rings (SSSR count). The first-order chi connectivity index (χ1) is 9.89. The Hall–Kier alpha value is -2.09. The molecular weight excluding hydrogens is 272 g/mol. The van der Waals surface area contributed by atoms with Crippen molar-refractivity contribution in [2.75, 3.05) is 36.5 Å². The van der Waals surface area contributed by atoms with Crippen LogP contribution in [0.15, 0.2) is 12.3 Å². The minimum atomic E-state index is -0.470. The first-order valence-corrected chi connectivity index (χ1v) is 6.91. The van der Waals surface area contributed by atoms with Crippen molar-refractivity contribution < 1.29 is 9.53 Å². The largest absolute Gasteiger partial charge is 0.444 e. The number of anilines is 2. The molecule has 1 aliphatic heterocycles. The molecule has 0 aromatic carbocycles. The van der Waals surface area contributed by atoms with E-state index in [0.29, 0.717) is 32.1 Å². The first-order valence-electron chi connectivity index (χ1n) is 6.91. The molecule has 1 aromatic rings. The fraction of sp³-hybridized carbons (Fsp3) is 0.615. The number of carbonyl (C=O) groups is 1. The van der Waals surface area contributed by atoms with Gasteiger partial charge in [0.15, 0.2) is 0 Å². The summed E-state index contributed by atoms with van der Waals surface area (Å²) in [5.74, 6) is 6.48. The van der Waals surface area contributed by atoms with Gasteiger partial charge in [0.2, 0.25) is 5.95 Å². The summed E-state index contributed by atoms with van der Waals surface area (Å²) in [7, 11) is 0. The Bertz CT molecular complexity index is 494. The van der Waals surface area contributed by atoms with Gasteiger partial charge in [0, 0.05) is 32.4 Å². The molecule has 0 saturated carbocycles. The lowest BCUT2D eigenvalue weighted by molar-refractivity contribution is 0.0240. The van der Waals surface area contributed by atoms with Crippen LogP contribution in [0.25, 0.3) is 0 Å². The summed E-state index contributed by atoms with van der Waals surface area (Å²) in [5.41, 5.74) is 1.96. The number of nitrogens with one attached hydrogen (secondary N) is 1. The zero-order valence-corrected chi connectivity index (χ0v) is 12.7. The third-order valence-electron chi connectivity index (χ3n) is 3.03. The van der Waals surface area contributed by atoms with Crippen LogP contribution in [0.1, 0.15) is 20.8 Å². The van der Waals surface area contributed by atoms with Crippen molar-refractivity contribution in [1.82, 2.24) is 14.9 Å². The minimum absolute atomic E-state index is 0.269. The van der Waals surface area contributed by atoms with Gasteiger partial charge in [0.25, 0.3) is 0 Å². The van der Waals surface area contributed by atoms with Crippen LogP contribution in [-0.2, 0) is 4.74 Å². The topological polar surface area (TPSA) is 96.6 Å². The van der Waals surface area contributed by atoms with E-state index < -0.39 is 5.60 Å². The van der Waals surface area contributed by atoms with Crippen LogP contribution >= 0.6 is 0 Å². The Labute approximate surface area is 124 Å². The number of rotatable bonds is 2. The maximum absolute atomic E-state index is 12.0. The molecule has 8 heteroatoms. The SMILES string of the molecule is CC(C)(C)OC(=O)N1CCN(c2ccnc(NN)n2)CC1. The molecule has 8 nitrogen and oxygen atoms in total. The van der Waals surface area contributed by atoms with Crippen LogP contribution in [0, 0.1) is 0 Å². The fourth-order valence-corrected chi connectivity index (χ4v) is 2.04. The minimum Gasteiger partial charge on any atom is -0.444 e. The Morgan fingerprint density at radius 1 is 1.33 bits per heavy atom. The van der Waals surface area contributed by atoms with Gasteiger partial charge in [0.05, 0.1) is 0 Å². The number of ether oxygens (including phenoxy) is 1. The number of nitrogens with two attached hydrogens (primary N) is 1. The molecule has 116 valence electrons. The highest BCUT2D eigenvalue weighted by atomic mass is 16.6.